The van der Waals surface area contributed by atoms with Gasteiger partial charge in [0, 0.05) is 15.6 Å². The molecule has 0 aliphatic carbocycles. The molecule has 1 heterocycles. The first-order valence-corrected chi connectivity index (χ1v) is 11.8. The molecule has 30 heavy (non-hydrogen) atoms. The summed E-state index contributed by atoms with van der Waals surface area (Å²) in [5.41, 5.74) is 1.36. The number of anilines is 1. The molecule has 0 radical (unpaired) electrons. The standard InChI is InChI=1S/C20H21ClN4O2S3/c1-20(2)17(25(27)18(26)23-15-6-4-5-14(21)11-15)24(19(28)30-20)22-12-13-7-9-16(29-3)10-8-13/h4-12,17,27H,1-3H3,(H,23,26)/b22-12-/t17-/m0/s1. The number of hydrogen-bond donors (Lipinski definition) is 2. The molecule has 1 aliphatic rings. The van der Waals surface area contributed by atoms with Crippen LogP contribution in [0.1, 0.15) is 19.4 Å². The van der Waals surface area contributed by atoms with Crippen molar-refractivity contribution in [1.82, 2.24) is 10.1 Å². The summed E-state index contributed by atoms with van der Waals surface area (Å²) in [6.07, 6.45) is 2.88. The number of carbonyl (C=O) groups excluding carboxylic acids is 1. The molecule has 0 saturated carbocycles. The first-order valence-electron chi connectivity index (χ1n) is 8.96. The van der Waals surface area contributed by atoms with Gasteiger partial charge in [0.05, 0.1) is 11.0 Å². The van der Waals surface area contributed by atoms with Crippen molar-refractivity contribution in [2.75, 3.05) is 11.6 Å². The molecular weight excluding hydrogens is 460 g/mol. The van der Waals surface area contributed by atoms with Crippen LogP contribution in [0, 0.1) is 0 Å². The normalized spacial score (nSPS) is 18.1. The quantitative estimate of drug-likeness (QED) is 0.186. The Bertz CT molecular complexity index is 969. The Balaban J connectivity index is 1.80. The van der Waals surface area contributed by atoms with E-state index >= 15 is 0 Å². The molecule has 2 N–H and O–H groups in total. The van der Waals surface area contributed by atoms with Gasteiger partial charge in [-0.2, -0.15) is 10.2 Å². The molecule has 1 saturated heterocycles. The van der Waals surface area contributed by atoms with Crippen molar-refractivity contribution in [3.05, 3.63) is 59.1 Å². The van der Waals surface area contributed by atoms with Crippen LogP contribution in [0.2, 0.25) is 5.02 Å². The fourth-order valence-corrected chi connectivity index (χ4v) is 5.29. The van der Waals surface area contributed by atoms with E-state index in [0.29, 0.717) is 20.1 Å². The Morgan fingerprint density at radius 2 is 2.07 bits per heavy atom. The lowest BCUT2D eigenvalue weighted by Gasteiger charge is -2.34. The van der Waals surface area contributed by atoms with Crippen LogP contribution in [-0.4, -0.2) is 49.0 Å². The third-order valence-electron chi connectivity index (χ3n) is 4.35. The zero-order valence-corrected chi connectivity index (χ0v) is 19.8. The van der Waals surface area contributed by atoms with Gasteiger partial charge in [-0.25, -0.2) is 9.80 Å². The van der Waals surface area contributed by atoms with Crippen LogP contribution >= 0.6 is 47.3 Å². The molecule has 0 spiro atoms. The van der Waals surface area contributed by atoms with Gasteiger partial charge in [-0.15, -0.1) is 11.8 Å². The SMILES string of the molecule is CSc1ccc(/C=N\N2C(=S)SC(C)(C)[C@@H]2N(O)C(=O)Nc2cccc(Cl)c2)cc1. The number of thioether (sulfide) groups is 2. The number of rotatable bonds is 5. The van der Waals surface area contributed by atoms with Crippen molar-refractivity contribution in [3.63, 3.8) is 0 Å². The number of nitrogens with zero attached hydrogens (tertiary/aromatic N) is 3. The predicted octanol–water partition coefficient (Wildman–Crippen LogP) is 5.76. The largest absolute Gasteiger partial charge is 0.347 e. The van der Waals surface area contributed by atoms with E-state index in [0.717, 1.165) is 10.5 Å². The minimum atomic E-state index is -0.795. The topological polar surface area (TPSA) is 68.2 Å². The smallest absolute Gasteiger partial charge is 0.306 e. The van der Waals surface area contributed by atoms with Crippen LogP contribution in [0.4, 0.5) is 10.5 Å². The first-order chi connectivity index (χ1) is 14.2. The second kappa shape index (κ2) is 9.57. The molecule has 158 valence electrons. The second-order valence-corrected chi connectivity index (χ2v) is 10.6. The number of thiocarbonyl (C=S) groups is 1. The summed E-state index contributed by atoms with van der Waals surface area (Å²) in [6.45, 7) is 3.79. The van der Waals surface area contributed by atoms with Crippen molar-refractivity contribution in [2.45, 2.75) is 29.7 Å². The highest BCUT2D eigenvalue weighted by molar-refractivity contribution is 8.24. The van der Waals surface area contributed by atoms with Gasteiger partial charge in [-0.05, 0) is 56.0 Å². The fraction of sp³-hybridized carbons (Fsp3) is 0.250. The third-order valence-corrected chi connectivity index (χ3v) is 6.87. The van der Waals surface area contributed by atoms with Gasteiger partial charge in [0.15, 0.2) is 10.5 Å². The molecule has 3 rings (SSSR count). The van der Waals surface area contributed by atoms with E-state index < -0.39 is 16.9 Å². The maximum absolute atomic E-state index is 12.7. The highest BCUT2D eigenvalue weighted by atomic mass is 35.5. The molecule has 1 atom stereocenters. The van der Waals surface area contributed by atoms with E-state index in [4.69, 9.17) is 23.8 Å². The Labute approximate surface area is 194 Å². The molecule has 10 heteroatoms. The van der Waals surface area contributed by atoms with Crippen molar-refractivity contribution in [1.29, 1.82) is 0 Å². The van der Waals surface area contributed by atoms with Crippen LogP contribution in [0.25, 0.3) is 0 Å². The van der Waals surface area contributed by atoms with Gasteiger partial charge in [0.1, 0.15) is 0 Å². The molecule has 2 amide bonds. The fourth-order valence-electron chi connectivity index (χ4n) is 2.90. The lowest BCUT2D eigenvalue weighted by Crippen LogP contribution is -2.54. The minimum absolute atomic E-state index is 0.469. The van der Waals surface area contributed by atoms with E-state index in [1.807, 2.05) is 44.4 Å². The van der Waals surface area contributed by atoms with Gasteiger partial charge < -0.3 is 5.32 Å². The Hall–Kier alpha value is -1.78. The van der Waals surface area contributed by atoms with Gasteiger partial charge in [-0.3, -0.25) is 5.21 Å². The number of amides is 2. The van der Waals surface area contributed by atoms with Gasteiger partial charge in [0.25, 0.3) is 0 Å². The number of hydrazone groups is 1. The minimum Gasteiger partial charge on any atom is -0.306 e. The number of hydrogen-bond acceptors (Lipinski definition) is 6. The van der Waals surface area contributed by atoms with E-state index in [2.05, 4.69) is 10.4 Å². The summed E-state index contributed by atoms with van der Waals surface area (Å²) in [7, 11) is 0. The number of nitrogens with one attached hydrogen (secondary N) is 1. The number of halogens is 1. The van der Waals surface area contributed by atoms with Crippen LogP contribution in [0.5, 0.6) is 0 Å². The Morgan fingerprint density at radius 3 is 2.70 bits per heavy atom. The summed E-state index contributed by atoms with van der Waals surface area (Å²) in [4.78, 5) is 13.8. The molecular formula is C20H21ClN4O2S3. The zero-order chi connectivity index (χ0) is 21.9. The average molecular weight is 481 g/mol. The molecule has 0 aromatic heterocycles. The van der Waals surface area contributed by atoms with Crippen LogP contribution < -0.4 is 5.32 Å². The second-order valence-electron chi connectivity index (χ2n) is 6.99. The van der Waals surface area contributed by atoms with Gasteiger partial charge >= 0.3 is 6.03 Å². The molecule has 0 unspecified atom stereocenters. The van der Waals surface area contributed by atoms with E-state index in [1.165, 1.54) is 16.8 Å². The number of hydroxylamine groups is 2. The monoisotopic (exact) mass is 480 g/mol. The number of carbonyl (C=O) groups is 1. The van der Waals surface area contributed by atoms with E-state index in [9.17, 15) is 10.0 Å². The first kappa shape index (κ1) is 22.9. The lowest BCUT2D eigenvalue weighted by atomic mass is 10.1. The lowest BCUT2D eigenvalue weighted by molar-refractivity contribution is -0.114. The van der Waals surface area contributed by atoms with Gasteiger partial charge in [0.2, 0.25) is 0 Å². The molecule has 2 aromatic rings. The van der Waals surface area contributed by atoms with Crippen molar-refractivity contribution in [2.24, 2.45) is 5.10 Å². The van der Waals surface area contributed by atoms with Crippen molar-refractivity contribution < 1.29 is 10.0 Å². The predicted molar refractivity (Wildman–Crippen MR) is 130 cm³/mol. The molecule has 0 bridgehead atoms. The highest BCUT2D eigenvalue weighted by Gasteiger charge is 2.50. The van der Waals surface area contributed by atoms with Gasteiger partial charge in [-0.1, -0.05) is 53.8 Å². The Morgan fingerprint density at radius 1 is 1.37 bits per heavy atom. The summed E-state index contributed by atoms with van der Waals surface area (Å²) in [6, 6.07) is 13.9. The average Bonchev–Trinajstić information content (AvgIpc) is 2.93. The summed E-state index contributed by atoms with van der Waals surface area (Å²) in [5.74, 6) is 0. The summed E-state index contributed by atoms with van der Waals surface area (Å²) >= 11 is 14.5. The molecule has 1 aliphatic heterocycles. The van der Waals surface area contributed by atoms with Crippen molar-refractivity contribution >= 4 is 69.6 Å². The third kappa shape index (κ3) is 5.28. The number of benzene rings is 2. The van der Waals surface area contributed by atoms with Crippen LogP contribution in [0.15, 0.2) is 58.5 Å². The maximum atomic E-state index is 12.7. The number of urea groups is 1. The van der Waals surface area contributed by atoms with Crippen LogP contribution in [0.3, 0.4) is 0 Å². The maximum Gasteiger partial charge on any atom is 0.347 e. The van der Waals surface area contributed by atoms with Crippen molar-refractivity contribution in [3.8, 4) is 0 Å². The molecule has 2 aromatic carbocycles. The zero-order valence-electron chi connectivity index (χ0n) is 16.6. The summed E-state index contributed by atoms with van der Waals surface area (Å²) < 4.78 is -0.117. The summed E-state index contributed by atoms with van der Waals surface area (Å²) in [5, 5.41) is 20.4. The van der Waals surface area contributed by atoms with E-state index in [-0.39, 0.29) is 0 Å². The Kier molecular flexibility index (Phi) is 7.30. The highest BCUT2D eigenvalue weighted by Crippen LogP contribution is 2.42. The van der Waals surface area contributed by atoms with Crippen LogP contribution in [-0.2, 0) is 0 Å². The molecule has 1 fully saturated rings. The van der Waals surface area contributed by atoms with E-state index in [1.54, 1.807) is 42.2 Å². The molecule has 6 nitrogen and oxygen atoms in total.